The second-order valence-corrected chi connectivity index (χ2v) is 12.1. The molecule has 0 bridgehead atoms. The van der Waals surface area contributed by atoms with Crippen molar-refractivity contribution in [2.75, 3.05) is 0 Å². The molecule has 8 aromatic rings. The van der Waals surface area contributed by atoms with Gasteiger partial charge in [0.05, 0.1) is 11.0 Å². The molecule has 0 fully saturated rings. The Bertz CT molecular complexity index is 2420. The fourth-order valence-electron chi connectivity index (χ4n) is 7.00. The molecule has 1 heterocycles. The van der Waals surface area contributed by atoms with Crippen LogP contribution in [0.2, 0.25) is 0 Å². The number of fused-ring (bicyclic) bond motifs is 3. The number of aryl methyl sites for hydroxylation is 2. The average molecular weight is 603 g/mol. The first-order valence-electron chi connectivity index (χ1n) is 16.1. The molecule has 0 aliphatic rings. The first-order valence-corrected chi connectivity index (χ1v) is 16.1. The lowest BCUT2D eigenvalue weighted by molar-refractivity contribution is 1.00. The molecule has 8 rings (SSSR count). The topological polar surface area (TPSA) is 17.8 Å². The van der Waals surface area contributed by atoms with Crippen LogP contribution in [0.4, 0.5) is 0 Å². The monoisotopic (exact) mass is 602 g/mol. The van der Waals surface area contributed by atoms with Crippen molar-refractivity contribution in [2.45, 2.75) is 13.8 Å². The summed E-state index contributed by atoms with van der Waals surface area (Å²) < 4.78 is 2.23. The number of aromatic nitrogens is 2. The first kappa shape index (κ1) is 28.5. The summed E-state index contributed by atoms with van der Waals surface area (Å²) in [6.07, 6.45) is 5.93. The highest BCUT2D eigenvalue weighted by Gasteiger charge is 2.17. The SMILES string of the molecule is C=C/C=C\c1cc(-c2ccc(-c3c4ccccc4c(-c4ccc(-n5c(C)nc6ccccc65)cc4)c4ccccc34)cc2)ccc1C. The second-order valence-electron chi connectivity index (χ2n) is 12.1. The van der Waals surface area contributed by atoms with Crippen molar-refractivity contribution < 1.29 is 0 Å². The van der Waals surface area contributed by atoms with E-state index in [9.17, 15) is 0 Å². The van der Waals surface area contributed by atoms with E-state index < -0.39 is 0 Å². The van der Waals surface area contributed by atoms with Crippen LogP contribution in [0.5, 0.6) is 0 Å². The summed E-state index contributed by atoms with van der Waals surface area (Å²) in [6.45, 7) is 8.04. The minimum Gasteiger partial charge on any atom is -0.297 e. The van der Waals surface area contributed by atoms with Crippen LogP contribution in [-0.4, -0.2) is 9.55 Å². The maximum absolute atomic E-state index is 4.79. The molecular weight excluding hydrogens is 569 g/mol. The van der Waals surface area contributed by atoms with Crippen LogP contribution in [0, 0.1) is 13.8 Å². The summed E-state index contributed by atoms with van der Waals surface area (Å²) in [4.78, 5) is 4.79. The lowest BCUT2D eigenvalue weighted by Crippen LogP contribution is -1.97. The quantitative estimate of drug-likeness (QED) is 0.137. The van der Waals surface area contributed by atoms with Crippen molar-refractivity contribution in [1.29, 1.82) is 0 Å². The van der Waals surface area contributed by atoms with Gasteiger partial charge < -0.3 is 0 Å². The summed E-state index contributed by atoms with van der Waals surface area (Å²) in [5, 5.41) is 5.00. The highest BCUT2D eigenvalue weighted by atomic mass is 15.1. The number of allylic oxidation sites excluding steroid dienone is 2. The van der Waals surface area contributed by atoms with Gasteiger partial charge in [-0.1, -0.05) is 134 Å². The molecule has 0 amide bonds. The molecule has 0 unspecified atom stereocenters. The number of para-hydroxylation sites is 2. The third-order valence-corrected chi connectivity index (χ3v) is 9.27. The van der Waals surface area contributed by atoms with Gasteiger partial charge in [0.2, 0.25) is 0 Å². The van der Waals surface area contributed by atoms with Crippen LogP contribution < -0.4 is 0 Å². The normalized spacial score (nSPS) is 11.6. The molecule has 0 radical (unpaired) electrons. The Morgan fingerprint density at radius 3 is 1.66 bits per heavy atom. The number of hydrogen-bond donors (Lipinski definition) is 0. The van der Waals surface area contributed by atoms with Gasteiger partial charge in [0.1, 0.15) is 5.82 Å². The van der Waals surface area contributed by atoms with Gasteiger partial charge in [0.25, 0.3) is 0 Å². The third-order valence-electron chi connectivity index (χ3n) is 9.27. The van der Waals surface area contributed by atoms with Gasteiger partial charge >= 0.3 is 0 Å². The average Bonchev–Trinajstić information content (AvgIpc) is 3.46. The zero-order chi connectivity index (χ0) is 31.9. The van der Waals surface area contributed by atoms with Gasteiger partial charge in [-0.2, -0.15) is 0 Å². The van der Waals surface area contributed by atoms with Crippen LogP contribution in [0.3, 0.4) is 0 Å². The van der Waals surface area contributed by atoms with Gasteiger partial charge in [0, 0.05) is 5.69 Å². The van der Waals surface area contributed by atoms with Crippen molar-refractivity contribution in [2.24, 2.45) is 0 Å². The molecular formula is C45H34N2. The molecule has 0 saturated carbocycles. The van der Waals surface area contributed by atoms with Gasteiger partial charge in [-0.15, -0.1) is 0 Å². The Morgan fingerprint density at radius 2 is 1.06 bits per heavy atom. The smallest absolute Gasteiger partial charge is 0.111 e. The summed E-state index contributed by atoms with van der Waals surface area (Å²) in [6, 6.07) is 50.6. The lowest BCUT2D eigenvalue weighted by atomic mass is 9.85. The van der Waals surface area contributed by atoms with Gasteiger partial charge in [0.15, 0.2) is 0 Å². The Morgan fingerprint density at radius 1 is 0.553 bits per heavy atom. The molecule has 2 heteroatoms. The second kappa shape index (κ2) is 11.7. The van der Waals surface area contributed by atoms with E-state index in [-0.39, 0.29) is 0 Å². The van der Waals surface area contributed by atoms with Crippen LogP contribution in [0.1, 0.15) is 17.0 Å². The van der Waals surface area contributed by atoms with E-state index in [2.05, 4.69) is 165 Å². The van der Waals surface area contributed by atoms with Crippen molar-refractivity contribution in [3.8, 4) is 39.1 Å². The molecule has 47 heavy (non-hydrogen) atoms. The van der Waals surface area contributed by atoms with Crippen LogP contribution in [0.15, 0.2) is 158 Å². The summed E-state index contributed by atoms with van der Waals surface area (Å²) in [5.74, 6) is 0.984. The Hall–Kier alpha value is -5.99. The Kier molecular flexibility index (Phi) is 7.12. The summed E-state index contributed by atoms with van der Waals surface area (Å²) >= 11 is 0. The van der Waals surface area contributed by atoms with Crippen LogP contribution in [0.25, 0.3) is 77.7 Å². The Labute approximate surface area is 275 Å². The van der Waals surface area contributed by atoms with Gasteiger partial charge in [-0.25, -0.2) is 4.98 Å². The third kappa shape index (κ3) is 4.95. The van der Waals surface area contributed by atoms with E-state index in [0.717, 1.165) is 22.5 Å². The molecule has 0 atom stereocenters. The number of imidazole rings is 1. The van der Waals surface area contributed by atoms with E-state index in [1.807, 2.05) is 18.2 Å². The summed E-state index contributed by atoms with van der Waals surface area (Å²) in [7, 11) is 0. The van der Waals surface area contributed by atoms with Gasteiger partial charge in [-0.3, -0.25) is 4.57 Å². The molecule has 0 saturated heterocycles. The maximum atomic E-state index is 4.79. The van der Waals surface area contributed by atoms with Gasteiger partial charge in [-0.05, 0) is 110 Å². The zero-order valence-electron chi connectivity index (χ0n) is 26.6. The van der Waals surface area contributed by atoms with E-state index >= 15 is 0 Å². The minimum atomic E-state index is 0.984. The van der Waals surface area contributed by atoms with Crippen molar-refractivity contribution in [3.05, 3.63) is 175 Å². The summed E-state index contributed by atoms with van der Waals surface area (Å²) in [5.41, 5.74) is 13.1. The largest absolute Gasteiger partial charge is 0.297 e. The van der Waals surface area contributed by atoms with Crippen LogP contribution in [-0.2, 0) is 0 Å². The minimum absolute atomic E-state index is 0.984. The molecule has 7 aromatic carbocycles. The Balaban J connectivity index is 1.25. The number of hydrogen-bond acceptors (Lipinski definition) is 1. The molecule has 0 aliphatic heterocycles. The van der Waals surface area contributed by atoms with E-state index in [1.54, 1.807) is 0 Å². The van der Waals surface area contributed by atoms with Crippen LogP contribution >= 0.6 is 0 Å². The highest BCUT2D eigenvalue weighted by Crippen LogP contribution is 2.44. The molecule has 0 N–H and O–H groups in total. The first-order chi connectivity index (χ1) is 23.1. The van der Waals surface area contributed by atoms with Crippen molar-refractivity contribution in [3.63, 3.8) is 0 Å². The van der Waals surface area contributed by atoms with E-state index in [1.165, 1.54) is 66.1 Å². The fourth-order valence-corrected chi connectivity index (χ4v) is 7.00. The predicted molar refractivity (Wildman–Crippen MR) is 201 cm³/mol. The molecule has 2 nitrogen and oxygen atoms in total. The number of rotatable bonds is 6. The maximum Gasteiger partial charge on any atom is 0.111 e. The number of benzene rings is 7. The lowest BCUT2D eigenvalue weighted by Gasteiger charge is -2.18. The van der Waals surface area contributed by atoms with Crippen molar-refractivity contribution in [1.82, 2.24) is 9.55 Å². The standard InChI is InChI=1S/C45H34N2/c1-4-5-12-35-29-36(20-19-30(35)2)32-21-23-33(24-22-32)44-38-13-6-8-15-40(38)45(41-16-9-7-14-39(41)44)34-25-27-37(28-26-34)47-31(3)46-42-17-10-11-18-43(42)47/h4-29H,1H2,2-3H3/b12-5-. The molecule has 224 valence electrons. The van der Waals surface area contributed by atoms with E-state index in [0.29, 0.717) is 0 Å². The fraction of sp³-hybridized carbons (Fsp3) is 0.0444. The number of nitrogens with zero attached hydrogens (tertiary/aromatic N) is 2. The van der Waals surface area contributed by atoms with E-state index in [4.69, 9.17) is 4.98 Å². The zero-order valence-corrected chi connectivity index (χ0v) is 26.6. The van der Waals surface area contributed by atoms with Crippen molar-refractivity contribution >= 4 is 38.7 Å². The predicted octanol–water partition coefficient (Wildman–Crippen LogP) is 12.1. The molecule has 0 spiro atoms. The molecule has 0 aliphatic carbocycles. The molecule has 1 aromatic heterocycles. The highest BCUT2D eigenvalue weighted by molar-refractivity contribution is 6.21.